The standard InChI is InChI=1S/C34H34Cl2FN7O5/c1-49-29(46)16-38-23-9-4-13-44-28(23)15-27(42-44)34(48)41-25-8-3-6-22(31(25)36)21-5-2-7-24(30(21)35)40-33(47)26-11-10-19(32(37)39-26)17-43-14-12-20(45)18-43/h2-3,5-8,10-11,15,20,23,38,45H,4,9,12-14,16-18H2,1H3,(H,40,47)(H,41,48)/t20-,23?/m1/s1. The van der Waals surface area contributed by atoms with E-state index in [-0.39, 0.29) is 52.2 Å². The fraction of sp³-hybridized carbons (Fsp3) is 0.324. The predicted molar refractivity (Wildman–Crippen MR) is 182 cm³/mol. The van der Waals surface area contributed by atoms with Gasteiger partial charge in [0.2, 0.25) is 5.95 Å². The van der Waals surface area contributed by atoms with Gasteiger partial charge >= 0.3 is 5.97 Å². The van der Waals surface area contributed by atoms with Crippen molar-refractivity contribution in [1.82, 2.24) is 25.0 Å². The number of aliphatic hydroxyl groups excluding tert-OH is 1. The van der Waals surface area contributed by atoms with E-state index in [2.05, 4.69) is 26.0 Å². The van der Waals surface area contributed by atoms with Gasteiger partial charge in [0.25, 0.3) is 11.8 Å². The third-order valence-electron chi connectivity index (χ3n) is 8.57. The average Bonchev–Trinajstić information content (AvgIpc) is 3.72. The lowest BCUT2D eigenvalue weighted by molar-refractivity contribution is -0.139. The molecule has 2 aliphatic rings. The zero-order chi connectivity index (χ0) is 34.7. The average molecular weight is 711 g/mol. The molecule has 0 spiro atoms. The van der Waals surface area contributed by atoms with Crippen LogP contribution in [0, 0.1) is 5.95 Å². The number of fused-ring (bicyclic) bond motifs is 1. The fourth-order valence-corrected chi connectivity index (χ4v) is 6.58. The van der Waals surface area contributed by atoms with Gasteiger partial charge in [-0.1, -0.05) is 53.5 Å². The van der Waals surface area contributed by atoms with E-state index in [9.17, 15) is 23.9 Å². The van der Waals surface area contributed by atoms with Crippen LogP contribution in [-0.4, -0.2) is 75.4 Å². The smallest absolute Gasteiger partial charge is 0.319 e. The van der Waals surface area contributed by atoms with Gasteiger partial charge in [-0.05, 0) is 43.5 Å². The van der Waals surface area contributed by atoms with Gasteiger partial charge in [-0.3, -0.25) is 29.3 Å². The molecule has 2 aromatic heterocycles. The van der Waals surface area contributed by atoms with Gasteiger partial charge in [0.05, 0.1) is 46.9 Å². The largest absolute Gasteiger partial charge is 0.468 e. The topological polar surface area (TPSA) is 151 Å². The fourth-order valence-electron chi connectivity index (χ4n) is 6.03. The monoisotopic (exact) mass is 709 g/mol. The molecule has 1 saturated heterocycles. The molecule has 2 aromatic carbocycles. The Morgan fingerprint density at radius 2 is 1.63 bits per heavy atom. The van der Waals surface area contributed by atoms with Gasteiger partial charge in [-0.25, -0.2) is 4.98 Å². The number of esters is 1. The van der Waals surface area contributed by atoms with E-state index in [1.807, 2.05) is 4.90 Å². The molecule has 2 amide bonds. The van der Waals surface area contributed by atoms with E-state index >= 15 is 0 Å². The van der Waals surface area contributed by atoms with Crippen molar-refractivity contribution in [1.29, 1.82) is 0 Å². The molecule has 256 valence electrons. The van der Waals surface area contributed by atoms with E-state index in [1.54, 1.807) is 47.1 Å². The number of pyridine rings is 1. The van der Waals surface area contributed by atoms with Gasteiger partial charge in [0, 0.05) is 48.9 Å². The molecule has 49 heavy (non-hydrogen) atoms. The molecule has 4 heterocycles. The number of aryl methyl sites for hydroxylation is 1. The Bertz CT molecular complexity index is 1900. The van der Waals surface area contributed by atoms with E-state index < -0.39 is 23.9 Å². The van der Waals surface area contributed by atoms with Crippen molar-refractivity contribution >= 4 is 52.4 Å². The summed E-state index contributed by atoms with van der Waals surface area (Å²) in [5.74, 6) is -2.27. The molecule has 0 bridgehead atoms. The van der Waals surface area contributed by atoms with E-state index in [0.29, 0.717) is 48.4 Å². The van der Waals surface area contributed by atoms with Crippen LogP contribution in [0.3, 0.4) is 0 Å². The highest BCUT2D eigenvalue weighted by Gasteiger charge is 2.26. The van der Waals surface area contributed by atoms with Crippen LogP contribution in [0.2, 0.25) is 10.0 Å². The Labute approximate surface area is 291 Å². The van der Waals surface area contributed by atoms with E-state index in [0.717, 1.165) is 18.5 Å². The summed E-state index contributed by atoms with van der Waals surface area (Å²) in [6.45, 7) is 2.08. The maximum absolute atomic E-state index is 14.8. The normalized spacial score (nSPS) is 17.4. The van der Waals surface area contributed by atoms with E-state index in [4.69, 9.17) is 27.9 Å². The summed E-state index contributed by atoms with van der Waals surface area (Å²) in [6.07, 6.45) is 1.81. The molecule has 0 radical (unpaired) electrons. The van der Waals surface area contributed by atoms with Crippen molar-refractivity contribution in [2.75, 3.05) is 37.4 Å². The first kappa shape index (κ1) is 34.5. The third kappa shape index (κ3) is 7.76. The third-order valence-corrected chi connectivity index (χ3v) is 9.38. The van der Waals surface area contributed by atoms with Crippen molar-refractivity contribution in [3.63, 3.8) is 0 Å². The summed E-state index contributed by atoms with van der Waals surface area (Å²) in [5, 5.41) is 23.3. The quantitative estimate of drug-likeness (QED) is 0.131. The lowest BCUT2D eigenvalue weighted by Gasteiger charge is -2.24. The van der Waals surface area contributed by atoms with Crippen LogP contribution in [0.1, 0.15) is 57.5 Å². The molecule has 12 nitrogen and oxygen atoms in total. The minimum atomic E-state index is -0.759. The van der Waals surface area contributed by atoms with Crippen molar-refractivity contribution in [2.24, 2.45) is 0 Å². The van der Waals surface area contributed by atoms with Crippen LogP contribution in [0.4, 0.5) is 15.8 Å². The summed E-state index contributed by atoms with van der Waals surface area (Å²) < 4.78 is 21.3. The number of amides is 2. The highest BCUT2D eigenvalue weighted by Crippen LogP contribution is 2.40. The van der Waals surface area contributed by atoms with Crippen molar-refractivity contribution in [3.8, 4) is 11.1 Å². The first-order chi connectivity index (χ1) is 23.6. The number of nitrogens with zero attached hydrogens (tertiary/aromatic N) is 4. The molecule has 4 aromatic rings. The molecule has 2 atom stereocenters. The molecule has 0 aliphatic carbocycles. The van der Waals surface area contributed by atoms with Crippen molar-refractivity contribution in [3.05, 3.63) is 93.2 Å². The maximum Gasteiger partial charge on any atom is 0.319 e. The van der Waals surface area contributed by atoms with Gasteiger partial charge in [-0.2, -0.15) is 9.49 Å². The lowest BCUT2D eigenvalue weighted by Crippen LogP contribution is -2.32. The molecule has 1 unspecified atom stereocenters. The number of aromatic nitrogens is 3. The molecule has 4 N–H and O–H groups in total. The second kappa shape index (κ2) is 15.0. The number of carbonyl (C=O) groups excluding carboxylic acids is 3. The first-order valence-corrected chi connectivity index (χ1v) is 16.5. The minimum Gasteiger partial charge on any atom is -0.468 e. The lowest BCUT2D eigenvalue weighted by atomic mass is 10.0. The van der Waals surface area contributed by atoms with Gasteiger partial charge in [0.1, 0.15) is 5.69 Å². The first-order valence-electron chi connectivity index (χ1n) is 15.7. The number of rotatable bonds is 10. The number of methoxy groups -OCH3 is 1. The number of nitrogens with one attached hydrogen (secondary N) is 3. The molecule has 0 saturated carbocycles. The minimum absolute atomic E-state index is 0.0399. The number of ether oxygens (including phenoxy) is 1. The summed E-state index contributed by atoms with van der Waals surface area (Å²) in [5.41, 5.74) is 2.75. The number of benzene rings is 2. The van der Waals surface area contributed by atoms with E-state index in [1.165, 1.54) is 19.2 Å². The second-order valence-corrected chi connectivity index (χ2v) is 12.7. The number of hydrogen-bond donors (Lipinski definition) is 4. The number of anilines is 2. The number of aliphatic hydroxyl groups is 1. The summed E-state index contributed by atoms with van der Waals surface area (Å²) in [4.78, 5) is 43.8. The highest BCUT2D eigenvalue weighted by atomic mass is 35.5. The number of β-amino-alcohol motifs (C(OH)–C–C–N with tert-alkyl or cyclic N) is 1. The maximum atomic E-state index is 14.8. The summed E-state index contributed by atoms with van der Waals surface area (Å²) in [6, 6.07) is 14.6. The molecule has 15 heteroatoms. The number of halogens is 3. The molecular weight excluding hydrogens is 676 g/mol. The number of hydrogen-bond acceptors (Lipinski definition) is 9. The van der Waals surface area contributed by atoms with Gasteiger partial charge in [-0.15, -0.1) is 0 Å². The van der Waals surface area contributed by atoms with Crippen LogP contribution in [0.5, 0.6) is 0 Å². The molecule has 1 fully saturated rings. The Kier molecular flexibility index (Phi) is 10.6. The second-order valence-electron chi connectivity index (χ2n) is 11.9. The molecule has 6 rings (SSSR count). The summed E-state index contributed by atoms with van der Waals surface area (Å²) >= 11 is 13.6. The zero-order valence-electron chi connectivity index (χ0n) is 26.5. The van der Waals surface area contributed by atoms with Crippen molar-refractivity contribution < 1.29 is 28.6 Å². The van der Waals surface area contributed by atoms with Crippen LogP contribution in [0.15, 0.2) is 54.6 Å². The Hall–Kier alpha value is -4.40. The highest BCUT2D eigenvalue weighted by molar-refractivity contribution is 6.40. The summed E-state index contributed by atoms with van der Waals surface area (Å²) in [7, 11) is 1.33. The predicted octanol–water partition coefficient (Wildman–Crippen LogP) is 5.06. The van der Waals surface area contributed by atoms with Crippen molar-refractivity contribution in [2.45, 2.75) is 44.5 Å². The van der Waals surface area contributed by atoms with Crippen LogP contribution in [0.25, 0.3) is 11.1 Å². The number of likely N-dealkylation sites (tertiary alicyclic amines) is 1. The van der Waals surface area contributed by atoms with Crippen LogP contribution >= 0.6 is 23.2 Å². The van der Waals surface area contributed by atoms with Gasteiger partial charge < -0.3 is 20.5 Å². The Morgan fingerprint density at radius 1 is 0.959 bits per heavy atom. The van der Waals surface area contributed by atoms with Gasteiger partial charge in [0.15, 0.2) is 5.69 Å². The number of carbonyl (C=O) groups is 3. The van der Waals surface area contributed by atoms with Crippen LogP contribution in [-0.2, 0) is 22.6 Å². The zero-order valence-corrected chi connectivity index (χ0v) is 28.0. The Balaban J connectivity index is 1.16. The molecule has 2 aliphatic heterocycles. The SMILES string of the molecule is COC(=O)CNC1CCCn2nc(C(=O)Nc3cccc(-c4cccc(NC(=O)c5ccc(CN6CC[C@@H](O)C6)c(F)n5)c4Cl)c3Cl)cc21. The molecular formula is C34H34Cl2FN7O5. The Morgan fingerprint density at radius 3 is 2.24 bits per heavy atom. The van der Waals surface area contributed by atoms with Crippen LogP contribution < -0.4 is 16.0 Å².